The highest BCUT2D eigenvalue weighted by Gasteiger charge is 2.19. The number of furan rings is 1. The van der Waals surface area contributed by atoms with Crippen LogP contribution in [-0.2, 0) is 6.54 Å². The fourth-order valence-corrected chi connectivity index (χ4v) is 3.69. The highest BCUT2D eigenvalue weighted by molar-refractivity contribution is 9.10. The molecule has 0 spiro atoms. The molecule has 0 fully saturated rings. The topological polar surface area (TPSA) is 25.2 Å². The van der Waals surface area contributed by atoms with Gasteiger partial charge in [0.1, 0.15) is 5.76 Å². The van der Waals surface area contributed by atoms with Gasteiger partial charge in [0.25, 0.3) is 0 Å². The molecule has 94 valence electrons. The van der Waals surface area contributed by atoms with Crippen LogP contribution in [-0.4, -0.2) is 5.75 Å². The van der Waals surface area contributed by atoms with E-state index in [2.05, 4.69) is 45.5 Å². The van der Waals surface area contributed by atoms with Gasteiger partial charge in [0.15, 0.2) is 4.67 Å². The molecule has 1 atom stereocenters. The summed E-state index contributed by atoms with van der Waals surface area (Å²) in [6.45, 7) is 0.773. The highest BCUT2D eigenvalue weighted by atomic mass is 79.9. The Hall–Kier alpha value is -0.710. The minimum atomic E-state index is 0.436. The summed E-state index contributed by atoms with van der Waals surface area (Å²) in [5.74, 6) is 2.15. The van der Waals surface area contributed by atoms with Gasteiger partial charge in [0, 0.05) is 10.9 Å². The summed E-state index contributed by atoms with van der Waals surface area (Å²) in [5, 5.41) is 3.58. The lowest BCUT2D eigenvalue weighted by atomic mass is 10.0. The summed E-state index contributed by atoms with van der Waals surface area (Å²) in [6, 6.07) is 13.0. The zero-order chi connectivity index (χ0) is 12.4. The summed E-state index contributed by atoms with van der Waals surface area (Å²) in [4.78, 5) is 1.40. The van der Waals surface area contributed by atoms with Crippen molar-refractivity contribution >= 4 is 27.7 Å². The van der Waals surface area contributed by atoms with Gasteiger partial charge in [-0.15, -0.1) is 11.8 Å². The molecule has 0 saturated heterocycles. The van der Waals surface area contributed by atoms with Gasteiger partial charge in [-0.1, -0.05) is 18.2 Å². The minimum Gasteiger partial charge on any atom is -0.453 e. The summed E-state index contributed by atoms with van der Waals surface area (Å²) in [7, 11) is 0. The van der Waals surface area contributed by atoms with E-state index >= 15 is 0 Å². The van der Waals surface area contributed by atoms with E-state index in [1.165, 1.54) is 22.6 Å². The van der Waals surface area contributed by atoms with Gasteiger partial charge in [-0.25, -0.2) is 0 Å². The molecular weight excluding hydrogens is 310 g/mol. The molecule has 2 aromatic rings. The molecule has 18 heavy (non-hydrogen) atoms. The Morgan fingerprint density at radius 1 is 1.28 bits per heavy atom. The largest absolute Gasteiger partial charge is 0.453 e. The molecule has 1 aromatic carbocycles. The fourth-order valence-electron chi connectivity index (χ4n) is 2.22. The maximum absolute atomic E-state index is 5.51. The Morgan fingerprint density at radius 2 is 2.17 bits per heavy atom. The van der Waals surface area contributed by atoms with E-state index in [-0.39, 0.29) is 0 Å². The molecule has 1 aromatic heterocycles. The highest BCUT2D eigenvalue weighted by Crippen LogP contribution is 2.35. The molecule has 1 unspecified atom stereocenters. The Labute approximate surface area is 119 Å². The number of rotatable bonds is 3. The first-order valence-corrected chi connectivity index (χ1v) is 7.80. The third-order valence-corrected chi connectivity index (χ3v) is 4.66. The minimum absolute atomic E-state index is 0.436. The quantitative estimate of drug-likeness (QED) is 0.908. The van der Waals surface area contributed by atoms with Gasteiger partial charge in [-0.2, -0.15) is 0 Å². The molecule has 1 N–H and O–H groups in total. The average molecular weight is 324 g/mol. The van der Waals surface area contributed by atoms with Crippen molar-refractivity contribution in [2.75, 3.05) is 5.75 Å². The van der Waals surface area contributed by atoms with E-state index in [4.69, 9.17) is 4.42 Å². The fraction of sp³-hybridized carbons (Fsp3) is 0.286. The van der Waals surface area contributed by atoms with Gasteiger partial charge in [0.05, 0.1) is 6.54 Å². The van der Waals surface area contributed by atoms with Crippen molar-refractivity contribution in [2.45, 2.75) is 23.9 Å². The smallest absolute Gasteiger partial charge is 0.169 e. The molecule has 1 aliphatic heterocycles. The first-order chi connectivity index (χ1) is 8.83. The van der Waals surface area contributed by atoms with E-state index in [0.29, 0.717) is 6.04 Å². The Bertz CT molecular complexity index is 540. The molecule has 1 aliphatic rings. The number of thioether (sulfide) groups is 1. The predicted octanol–water partition coefficient (Wildman–Crippen LogP) is 4.37. The molecule has 0 aliphatic carbocycles. The van der Waals surface area contributed by atoms with Crippen LogP contribution in [0.2, 0.25) is 0 Å². The molecular formula is C14H14BrNOS. The second-order valence-corrected chi connectivity index (χ2v) is 6.23. The van der Waals surface area contributed by atoms with E-state index in [1.807, 2.05) is 23.9 Å². The van der Waals surface area contributed by atoms with Gasteiger partial charge in [-0.05, 0) is 51.9 Å². The first-order valence-electron chi connectivity index (χ1n) is 6.02. The van der Waals surface area contributed by atoms with Crippen LogP contribution in [0.4, 0.5) is 0 Å². The van der Waals surface area contributed by atoms with Crippen molar-refractivity contribution in [1.29, 1.82) is 0 Å². The van der Waals surface area contributed by atoms with Crippen LogP contribution in [0.1, 0.15) is 23.8 Å². The number of nitrogens with one attached hydrogen (secondary N) is 1. The lowest BCUT2D eigenvalue weighted by Crippen LogP contribution is -2.23. The Kier molecular flexibility index (Phi) is 3.77. The monoisotopic (exact) mass is 323 g/mol. The molecule has 2 nitrogen and oxygen atoms in total. The van der Waals surface area contributed by atoms with Gasteiger partial charge >= 0.3 is 0 Å². The molecule has 0 radical (unpaired) electrons. The number of fused-ring (bicyclic) bond motifs is 1. The van der Waals surface area contributed by atoms with E-state index < -0.39 is 0 Å². The molecule has 3 rings (SSSR count). The van der Waals surface area contributed by atoms with E-state index in [9.17, 15) is 0 Å². The summed E-state index contributed by atoms with van der Waals surface area (Å²) < 4.78 is 6.30. The lowest BCUT2D eigenvalue weighted by molar-refractivity contribution is 0.430. The number of benzene rings is 1. The van der Waals surface area contributed by atoms with Crippen molar-refractivity contribution < 1.29 is 4.42 Å². The number of halogens is 1. The zero-order valence-electron chi connectivity index (χ0n) is 9.86. The molecule has 0 amide bonds. The number of hydrogen-bond acceptors (Lipinski definition) is 3. The maximum atomic E-state index is 5.51. The standard InChI is InChI=1S/C14H14BrNOS/c15-14-6-5-10(17-14)9-16-12-7-8-18-13-4-2-1-3-11(12)13/h1-6,12,16H,7-9H2. The summed E-state index contributed by atoms with van der Waals surface area (Å²) >= 11 is 5.27. The normalized spacial score (nSPS) is 18.6. The Morgan fingerprint density at radius 3 is 3.00 bits per heavy atom. The van der Waals surface area contributed by atoms with Crippen molar-refractivity contribution in [3.05, 3.63) is 52.4 Å². The van der Waals surface area contributed by atoms with Gasteiger partial charge in [0.2, 0.25) is 0 Å². The van der Waals surface area contributed by atoms with Crippen LogP contribution in [0.15, 0.2) is 50.4 Å². The molecule has 0 saturated carbocycles. The second-order valence-electron chi connectivity index (χ2n) is 4.31. The molecule has 0 bridgehead atoms. The third-order valence-electron chi connectivity index (χ3n) is 3.11. The Balaban J connectivity index is 1.71. The maximum Gasteiger partial charge on any atom is 0.169 e. The SMILES string of the molecule is Brc1ccc(CNC2CCSc3ccccc32)o1. The van der Waals surface area contributed by atoms with Crippen molar-refractivity contribution in [3.8, 4) is 0 Å². The van der Waals surface area contributed by atoms with E-state index in [0.717, 1.165) is 17.0 Å². The molecule has 4 heteroatoms. The van der Waals surface area contributed by atoms with Crippen LogP contribution < -0.4 is 5.32 Å². The van der Waals surface area contributed by atoms with Crippen LogP contribution in [0.25, 0.3) is 0 Å². The average Bonchev–Trinajstić information content (AvgIpc) is 2.82. The van der Waals surface area contributed by atoms with Crippen LogP contribution in [0.5, 0.6) is 0 Å². The van der Waals surface area contributed by atoms with Crippen molar-refractivity contribution in [1.82, 2.24) is 5.32 Å². The lowest BCUT2D eigenvalue weighted by Gasteiger charge is -2.25. The van der Waals surface area contributed by atoms with Crippen LogP contribution >= 0.6 is 27.7 Å². The predicted molar refractivity (Wildman–Crippen MR) is 77.8 cm³/mol. The number of hydrogen-bond donors (Lipinski definition) is 1. The first kappa shape index (κ1) is 12.3. The molecule has 2 heterocycles. The van der Waals surface area contributed by atoms with Crippen LogP contribution in [0, 0.1) is 0 Å². The second kappa shape index (κ2) is 5.51. The zero-order valence-corrected chi connectivity index (χ0v) is 12.3. The summed E-state index contributed by atoms with van der Waals surface area (Å²) in [5.41, 5.74) is 1.42. The summed E-state index contributed by atoms with van der Waals surface area (Å²) in [6.07, 6.45) is 1.17. The third kappa shape index (κ3) is 2.66. The van der Waals surface area contributed by atoms with Crippen molar-refractivity contribution in [3.63, 3.8) is 0 Å². The van der Waals surface area contributed by atoms with Crippen LogP contribution in [0.3, 0.4) is 0 Å². The van der Waals surface area contributed by atoms with Gasteiger partial charge < -0.3 is 9.73 Å². The van der Waals surface area contributed by atoms with E-state index in [1.54, 1.807) is 0 Å². The van der Waals surface area contributed by atoms with Gasteiger partial charge in [-0.3, -0.25) is 0 Å². The van der Waals surface area contributed by atoms with Crippen molar-refractivity contribution in [2.24, 2.45) is 0 Å².